The summed E-state index contributed by atoms with van der Waals surface area (Å²) in [7, 11) is 0. The van der Waals surface area contributed by atoms with Crippen molar-refractivity contribution in [3.8, 4) is 22.8 Å². The van der Waals surface area contributed by atoms with Crippen LogP contribution in [-0.2, 0) is 13.2 Å². The normalized spacial score (nSPS) is 10.5. The third kappa shape index (κ3) is 4.50. The maximum atomic E-state index is 11.2. The number of carboxylic acid groups (broad SMARTS) is 1. The highest BCUT2D eigenvalue weighted by Crippen LogP contribution is 2.38. The molecule has 0 amide bonds. The smallest absolute Gasteiger partial charge is 0.353 e. The lowest BCUT2D eigenvalue weighted by Gasteiger charge is -2.16. The van der Waals surface area contributed by atoms with Crippen LogP contribution < -0.4 is 9.47 Å². The van der Waals surface area contributed by atoms with E-state index in [0.717, 1.165) is 11.1 Å². The Bertz CT molecular complexity index is 1120. The molecule has 150 valence electrons. The average molecular weight is 400 g/mol. The maximum absolute atomic E-state index is 11.2. The van der Waals surface area contributed by atoms with Crippen LogP contribution in [0.2, 0.25) is 0 Å². The highest BCUT2D eigenvalue weighted by Gasteiger charge is 2.17. The summed E-state index contributed by atoms with van der Waals surface area (Å²) in [5.74, 6) is 0.00451. The molecule has 0 bridgehead atoms. The van der Waals surface area contributed by atoms with Gasteiger partial charge in [-0.2, -0.15) is 5.10 Å². The molecule has 0 radical (unpaired) electrons. The molecule has 0 aliphatic heterocycles. The monoisotopic (exact) mass is 400 g/mol. The van der Waals surface area contributed by atoms with E-state index in [-0.39, 0.29) is 5.69 Å². The van der Waals surface area contributed by atoms with Crippen molar-refractivity contribution in [1.82, 2.24) is 10.2 Å². The molecule has 0 unspecified atom stereocenters. The second-order valence-corrected chi connectivity index (χ2v) is 6.65. The van der Waals surface area contributed by atoms with E-state index in [9.17, 15) is 9.90 Å². The largest absolute Gasteiger partial charge is 0.485 e. The number of ether oxygens (including phenoxy) is 2. The number of hydrogen-bond donors (Lipinski definition) is 2. The van der Waals surface area contributed by atoms with Crippen LogP contribution >= 0.6 is 0 Å². The van der Waals surface area contributed by atoms with Crippen molar-refractivity contribution in [2.75, 3.05) is 0 Å². The fourth-order valence-electron chi connectivity index (χ4n) is 3.01. The molecule has 2 N–H and O–H groups in total. The van der Waals surface area contributed by atoms with Gasteiger partial charge in [-0.25, -0.2) is 4.79 Å². The number of benzene rings is 3. The fourth-order valence-corrected chi connectivity index (χ4v) is 3.01. The number of rotatable bonds is 8. The minimum absolute atomic E-state index is 0.00890. The van der Waals surface area contributed by atoms with Crippen molar-refractivity contribution < 1.29 is 19.4 Å². The van der Waals surface area contributed by atoms with Crippen molar-refractivity contribution in [2.45, 2.75) is 13.2 Å². The first-order valence-electron chi connectivity index (χ1n) is 9.46. The second kappa shape index (κ2) is 8.96. The van der Waals surface area contributed by atoms with Crippen molar-refractivity contribution in [3.05, 3.63) is 102 Å². The predicted molar refractivity (Wildman–Crippen MR) is 113 cm³/mol. The Balaban J connectivity index is 1.66. The lowest BCUT2D eigenvalue weighted by Crippen LogP contribution is -2.02. The molecule has 0 aliphatic rings. The minimum atomic E-state index is -1.07. The van der Waals surface area contributed by atoms with E-state index in [4.69, 9.17) is 9.47 Å². The number of aromatic carboxylic acids is 1. The Morgan fingerprint density at radius 2 is 1.47 bits per heavy atom. The van der Waals surface area contributed by atoms with E-state index >= 15 is 0 Å². The Labute approximate surface area is 173 Å². The van der Waals surface area contributed by atoms with Crippen LogP contribution in [0, 0.1) is 0 Å². The third-order valence-corrected chi connectivity index (χ3v) is 4.53. The first-order valence-corrected chi connectivity index (χ1v) is 9.46. The summed E-state index contributed by atoms with van der Waals surface area (Å²) in [6.07, 6.45) is 0. The van der Waals surface area contributed by atoms with Gasteiger partial charge in [0, 0.05) is 5.56 Å². The van der Waals surface area contributed by atoms with Crippen LogP contribution in [0.4, 0.5) is 0 Å². The van der Waals surface area contributed by atoms with Gasteiger partial charge in [0.25, 0.3) is 0 Å². The molecule has 0 fully saturated rings. The molecular formula is C24H20N2O4. The molecule has 0 spiro atoms. The molecule has 30 heavy (non-hydrogen) atoms. The molecule has 1 aromatic heterocycles. The Hall–Kier alpha value is -4.06. The summed E-state index contributed by atoms with van der Waals surface area (Å²) in [5, 5.41) is 15.9. The lowest BCUT2D eigenvalue weighted by molar-refractivity contribution is 0.0690. The third-order valence-electron chi connectivity index (χ3n) is 4.53. The number of carboxylic acids is 1. The molecule has 4 aromatic rings. The van der Waals surface area contributed by atoms with Crippen molar-refractivity contribution in [3.63, 3.8) is 0 Å². The lowest BCUT2D eigenvalue weighted by atomic mass is 10.1. The summed E-state index contributed by atoms with van der Waals surface area (Å²) in [6, 6.07) is 26.6. The van der Waals surface area contributed by atoms with E-state index in [1.165, 1.54) is 6.07 Å². The summed E-state index contributed by atoms with van der Waals surface area (Å²) >= 11 is 0. The average Bonchev–Trinajstić information content (AvgIpc) is 3.28. The van der Waals surface area contributed by atoms with Crippen LogP contribution in [-0.4, -0.2) is 21.3 Å². The van der Waals surface area contributed by atoms with Gasteiger partial charge in [-0.05, 0) is 29.3 Å². The van der Waals surface area contributed by atoms with Crippen molar-refractivity contribution in [2.24, 2.45) is 0 Å². The molecule has 4 rings (SSSR count). The fraction of sp³-hybridized carbons (Fsp3) is 0.0833. The van der Waals surface area contributed by atoms with E-state index in [0.29, 0.717) is 36.0 Å². The van der Waals surface area contributed by atoms with Crippen LogP contribution in [0.25, 0.3) is 11.3 Å². The summed E-state index contributed by atoms with van der Waals surface area (Å²) in [6.45, 7) is 0.725. The number of aromatic nitrogens is 2. The standard InChI is InChI=1S/C24H20N2O4/c27-24(28)21-14-20(25-26-21)19-12-7-13-22(29-15-17-8-3-1-4-9-17)23(19)30-16-18-10-5-2-6-11-18/h1-14H,15-16H2,(H,25,26)(H,27,28). The van der Waals surface area contributed by atoms with Crippen molar-refractivity contribution in [1.29, 1.82) is 0 Å². The van der Waals surface area contributed by atoms with Gasteiger partial charge in [0.2, 0.25) is 0 Å². The molecule has 0 saturated carbocycles. The van der Waals surface area contributed by atoms with Gasteiger partial charge >= 0.3 is 5.97 Å². The van der Waals surface area contributed by atoms with Crippen LogP contribution in [0.3, 0.4) is 0 Å². The molecule has 0 saturated heterocycles. The summed E-state index contributed by atoms with van der Waals surface area (Å²) < 4.78 is 12.2. The molecule has 0 aliphatic carbocycles. The number of H-pyrrole nitrogens is 1. The Kier molecular flexibility index (Phi) is 5.75. The summed E-state index contributed by atoms with van der Waals surface area (Å²) in [4.78, 5) is 11.2. The number of aromatic amines is 1. The molecule has 6 heteroatoms. The topological polar surface area (TPSA) is 84.4 Å². The Morgan fingerprint density at radius 1 is 0.833 bits per heavy atom. The summed E-state index contributed by atoms with van der Waals surface area (Å²) in [5.41, 5.74) is 3.18. The highest BCUT2D eigenvalue weighted by molar-refractivity contribution is 5.87. The zero-order valence-electron chi connectivity index (χ0n) is 16.1. The van der Waals surface area contributed by atoms with Gasteiger partial charge in [-0.1, -0.05) is 66.7 Å². The quantitative estimate of drug-likeness (QED) is 0.438. The van der Waals surface area contributed by atoms with Gasteiger partial charge in [0.15, 0.2) is 11.5 Å². The zero-order valence-corrected chi connectivity index (χ0v) is 16.1. The number of hydrogen-bond acceptors (Lipinski definition) is 4. The zero-order chi connectivity index (χ0) is 20.8. The van der Waals surface area contributed by atoms with Crippen molar-refractivity contribution >= 4 is 5.97 Å². The number of nitrogens with zero attached hydrogens (tertiary/aromatic N) is 1. The van der Waals surface area contributed by atoms with E-state index < -0.39 is 5.97 Å². The predicted octanol–water partition coefficient (Wildman–Crippen LogP) is 4.93. The van der Waals surface area contributed by atoms with E-state index in [2.05, 4.69) is 10.2 Å². The van der Waals surface area contributed by atoms with E-state index in [1.807, 2.05) is 78.9 Å². The number of carbonyl (C=O) groups is 1. The van der Waals surface area contributed by atoms with Gasteiger partial charge in [0.05, 0.1) is 5.69 Å². The van der Waals surface area contributed by atoms with Crippen LogP contribution in [0.15, 0.2) is 84.9 Å². The van der Waals surface area contributed by atoms with Crippen LogP contribution in [0.5, 0.6) is 11.5 Å². The highest BCUT2D eigenvalue weighted by atomic mass is 16.5. The molecule has 0 atom stereocenters. The van der Waals surface area contributed by atoms with Gasteiger partial charge in [-0.15, -0.1) is 0 Å². The number of para-hydroxylation sites is 1. The second-order valence-electron chi connectivity index (χ2n) is 6.65. The minimum Gasteiger partial charge on any atom is -0.485 e. The molecular weight excluding hydrogens is 380 g/mol. The Morgan fingerprint density at radius 3 is 2.07 bits per heavy atom. The molecule has 6 nitrogen and oxygen atoms in total. The van der Waals surface area contributed by atoms with Crippen LogP contribution in [0.1, 0.15) is 21.6 Å². The number of nitrogens with one attached hydrogen (secondary N) is 1. The van der Waals surface area contributed by atoms with E-state index in [1.54, 1.807) is 0 Å². The van der Waals surface area contributed by atoms with Gasteiger partial charge in [-0.3, -0.25) is 5.10 Å². The first kappa shape index (κ1) is 19.3. The SMILES string of the molecule is O=C(O)c1cc(-c2cccc(OCc3ccccc3)c2OCc2ccccc2)n[nH]1. The van der Waals surface area contributed by atoms with Gasteiger partial charge < -0.3 is 14.6 Å². The molecule has 3 aromatic carbocycles. The van der Waals surface area contributed by atoms with Gasteiger partial charge in [0.1, 0.15) is 18.9 Å². The molecule has 1 heterocycles. The first-order chi connectivity index (χ1) is 14.7. The maximum Gasteiger partial charge on any atom is 0.353 e.